The molecule has 0 atom stereocenters. The summed E-state index contributed by atoms with van der Waals surface area (Å²) in [5.41, 5.74) is 2.17. The summed E-state index contributed by atoms with van der Waals surface area (Å²) in [6.07, 6.45) is 7.03. The molecular weight excluding hydrogens is 340 g/mol. The molecule has 1 N–H and O–H groups in total. The second kappa shape index (κ2) is 6.52. The van der Waals surface area contributed by atoms with Gasteiger partial charge in [-0.2, -0.15) is 5.10 Å². The second-order valence-corrected chi connectivity index (χ2v) is 7.03. The average molecular weight is 359 g/mol. The number of oxazole rings is 1. The number of hydrogen-bond acceptors (Lipinski definition) is 4. The van der Waals surface area contributed by atoms with Crippen LogP contribution in [0.4, 0.5) is 0 Å². The molecule has 6 nitrogen and oxygen atoms in total. The molecular formula is C18H19ClN4O2. The predicted molar refractivity (Wildman–Crippen MR) is 94.7 cm³/mol. The largest absolute Gasteiger partial charge is 0.440 e. The van der Waals surface area contributed by atoms with Gasteiger partial charge in [0.2, 0.25) is 0 Å². The van der Waals surface area contributed by atoms with E-state index in [1.807, 2.05) is 18.2 Å². The molecule has 130 valence electrons. The molecule has 1 saturated carbocycles. The minimum Gasteiger partial charge on any atom is -0.440 e. The highest BCUT2D eigenvalue weighted by Crippen LogP contribution is 2.34. The number of aryl methyl sites for hydroxylation is 1. The lowest BCUT2D eigenvalue weighted by Crippen LogP contribution is -2.37. The summed E-state index contributed by atoms with van der Waals surface area (Å²) >= 11 is 6.01. The van der Waals surface area contributed by atoms with Crippen LogP contribution in [0.25, 0.3) is 11.1 Å². The summed E-state index contributed by atoms with van der Waals surface area (Å²) < 4.78 is 7.51. The molecule has 4 rings (SSSR count). The number of carbonyl (C=O) groups excluding carboxylic acids is 1. The minimum atomic E-state index is -0.0620. The summed E-state index contributed by atoms with van der Waals surface area (Å²) in [5, 5.41) is 7.79. The molecule has 7 heteroatoms. The van der Waals surface area contributed by atoms with E-state index in [4.69, 9.17) is 16.0 Å². The van der Waals surface area contributed by atoms with Crippen LogP contribution in [0.5, 0.6) is 0 Å². The van der Waals surface area contributed by atoms with Crippen molar-refractivity contribution in [2.45, 2.75) is 37.6 Å². The van der Waals surface area contributed by atoms with Gasteiger partial charge in [0, 0.05) is 30.2 Å². The van der Waals surface area contributed by atoms with Crippen LogP contribution >= 0.6 is 11.6 Å². The van der Waals surface area contributed by atoms with E-state index in [1.165, 1.54) is 0 Å². The van der Waals surface area contributed by atoms with Gasteiger partial charge in [0.1, 0.15) is 5.52 Å². The molecule has 0 spiro atoms. The van der Waals surface area contributed by atoms with Gasteiger partial charge < -0.3 is 9.73 Å². The molecule has 1 fully saturated rings. The van der Waals surface area contributed by atoms with E-state index in [0.717, 1.165) is 42.7 Å². The van der Waals surface area contributed by atoms with E-state index in [0.29, 0.717) is 10.6 Å². The van der Waals surface area contributed by atoms with Crippen molar-refractivity contribution >= 4 is 28.6 Å². The van der Waals surface area contributed by atoms with Crippen LogP contribution in [0.1, 0.15) is 47.8 Å². The normalized spacial score (nSPS) is 20.7. The third-order valence-corrected chi connectivity index (χ3v) is 4.98. The summed E-state index contributed by atoms with van der Waals surface area (Å²) in [4.78, 5) is 16.8. The van der Waals surface area contributed by atoms with Gasteiger partial charge in [-0.3, -0.25) is 9.48 Å². The lowest BCUT2D eigenvalue weighted by Gasteiger charge is -2.27. The summed E-state index contributed by atoms with van der Waals surface area (Å²) in [7, 11) is 1.80. The first-order valence-electron chi connectivity index (χ1n) is 8.44. The highest BCUT2D eigenvalue weighted by Gasteiger charge is 2.27. The molecule has 1 aromatic carbocycles. The molecule has 1 amide bonds. The molecule has 0 unspecified atom stereocenters. The molecule has 0 saturated heterocycles. The number of carbonyl (C=O) groups is 1. The van der Waals surface area contributed by atoms with Crippen molar-refractivity contribution in [2.75, 3.05) is 0 Å². The molecule has 0 aliphatic heterocycles. The Morgan fingerprint density at radius 3 is 2.84 bits per heavy atom. The van der Waals surface area contributed by atoms with Gasteiger partial charge in [-0.25, -0.2) is 4.98 Å². The molecule has 25 heavy (non-hydrogen) atoms. The molecule has 1 aliphatic rings. The smallest absolute Gasteiger partial charge is 0.254 e. The maximum Gasteiger partial charge on any atom is 0.254 e. The van der Waals surface area contributed by atoms with Gasteiger partial charge in [0.05, 0.1) is 11.8 Å². The third kappa shape index (κ3) is 3.39. The lowest BCUT2D eigenvalue weighted by molar-refractivity contribution is 0.0925. The fraction of sp³-hybridized carbons (Fsp3) is 0.389. The summed E-state index contributed by atoms with van der Waals surface area (Å²) in [6, 6.07) is 5.67. The number of nitrogens with zero attached hydrogens (tertiary/aromatic N) is 3. The van der Waals surface area contributed by atoms with Gasteiger partial charge in [0.25, 0.3) is 5.91 Å². The Hall–Kier alpha value is -2.34. The van der Waals surface area contributed by atoms with E-state index >= 15 is 0 Å². The van der Waals surface area contributed by atoms with Crippen molar-refractivity contribution in [3.05, 3.63) is 47.1 Å². The van der Waals surface area contributed by atoms with Crippen molar-refractivity contribution in [3.8, 4) is 0 Å². The number of rotatable bonds is 3. The van der Waals surface area contributed by atoms with E-state index in [9.17, 15) is 4.79 Å². The summed E-state index contributed by atoms with van der Waals surface area (Å²) in [5.74, 6) is 1.00. The fourth-order valence-electron chi connectivity index (χ4n) is 3.38. The molecule has 0 bridgehead atoms. The number of nitrogens with one attached hydrogen (secondary N) is 1. The number of benzene rings is 1. The second-order valence-electron chi connectivity index (χ2n) is 6.59. The zero-order chi connectivity index (χ0) is 17.4. The minimum absolute atomic E-state index is 0.0620. The maximum atomic E-state index is 12.2. The number of amides is 1. The van der Waals surface area contributed by atoms with Crippen LogP contribution < -0.4 is 5.32 Å². The topological polar surface area (TPSA) is 73.0 Å². The predicted octanol–water partition coefficient (Wildman–Crippen LogP) is 3.67. The van der Waals surface area contributed by atoms with Crippen LogP contribution in [0.15, 0.2) is 35.0 Å². The zero-order valence-corrected chi connectivity index (χ0v) is 14.7. The Labute approximate surface area is 150 Å². The number of fused-ring (bicyclic) bond motifs is 1. The Bertz CT molecular complexity index is 909. The van der Waals surface area contributed by atoms with Crippen LogP contribution in [0.3, 0.4) is 0 Å². The van der Waals surface area contributed by atoms with E-state index in [1.54, 1.807) is 24.1 Å². The van der Waals surface area contributed by atoms with Crippen LogP contribution in [0, 0.1) is 0 Å². The van der Waals surface area contributed by atoms with Crippen molar-refractivity contribution in [3.63, 3.8) is 0 Å². The number of aromatic nitrogens is 3. The van der Waals surface area contributed by atoms with Gasteiger partial charge >= 0.3 is 0 Å². The molecule has 3 aromatic rings. The van der Waals surface area contributed by atoms with Gasteiger partial charge in [-0.1, -0.05) is 11.6 Å². The van der Waals surface area contributed by atoms with Crippen LogP contribution in [-0.2, 0) is 7.05 Å². The van der Waals surface area contributed by atoms with Crippen molar-refractivity contribution in [1.82, 2.24) is 20.1 Å². The third-order valence-electron chi connectivity index (χ3n) is 4.74. The van der Waals surface area contributed by atoms with Crippen LogP contribution in [-0.4, -0.2) is 26.7 Å². The molecule has 0 radical (unpaired) electrons. The Balaban J connectivity index is 1.38. The van der Waals surface area contributed by atoms with E-state index in [2.05, 4.69) is 15.4 Å². The average Bonchev–Trinajstić information content (AvgIpc) is 3.21. The Morgan fingerprint density at radius 2 is 2.12 bits per heavy atom. The zero-order valence-electron chi connectivity index (χ0n) is 13.9. The number of halogens is 1. The quantitative estimate of drug-likeness (QED) is 0.775. The maximum absolute atomic E-state index is 12.2. The Kier molecular flexibility index (Phi) is 4.21. The first-order valence-corrected chi connectivity index (χ1v) is 8.82. The van der Waals surface area contributed by atoms with Crippen molar-refractivity contribution in [1.29, 1.82) is 0 Å². The number of hydrogen-bond donors (Lipinski definition) is 1. The molecule has 1 aliphatic carbocycles. The first-order chi connectivity index (χ1) is 12.1. The monoisotopic (exact) mass is 358 g/mol. The SMILES string of the molecule is Cn1cc(C(=O)NC2CCC(c3nc4cc(Cl)ccc4o3)CC2)cn1. The van der Waals surface area contributed by atoms with E-state index < -0.39 is 0 Å². The summed E-state index contributed by atoms with van der Waals surface area (Å²) in [6.45, 7) is 0. The highest BCUT2D eigenvalue weighted by atomic mass is 35.5. The van der Waals surface area contributed by atoms with Gasteiger partial charge in [-0.15, -0.1) is 0 Å². The van der Waals surface area contributed by atoms with Crippen molar-refractivity contribution in [2.24, 2.45) is 7.05 Å². The molecule has 2 aromatic heterocycles. The molecule has 2 heterocycles. The highest BCUT2D eigenvalue weighted by molar-refractivity contribution is 6.31. The standard InChI is InChI=1S/C18H19ClN4O2/c1-23-10-12(9-20-23)17(24)21-14-5-2-11(3-6-14)18-22-15-8-13(19)4-7-16(15)25-18/h4,7-11,14H,2-3,5-6H2,1H3,(H,21,24). The van der Waals surface area contributed by atoms with E-state index in [-0.39, 0.29) is 17.9 Å². The van der Waals surface area contributed by atoms with Crippen molar-refractivity contribution < 1.29 is 9.21 Å². The first kappa shape index (κ1) is 16.1. The fourth-order valence-corrected chi connectivity index (χ4v) is 3.55. The van der Waals surface area contributed by atoms with Gasteiger partial charge in [0.15, 0.2) is 11.5 Å². The Morgan fingerprint density at radius 1 is 1.32 bits per heavy atom. The van der Waals surface area contributed by atoms with Crippen LogP contribution in [0.2, 0.25) is 5.02 Å². The lowest BCUT2D eigenvalue weighted by atomic mass is 9.86. The van der Waals surface area contributed by atoms with Gasteiger partial charge in [-0.05, 0) is 43.9 Å².